The Morgan fingerprint density at radius 3 is 3.16 bits per heavy atom. The molecule has 1 fully saturated rings. The van der Waals surface area contributed by atoms with E-state index >= 15 is 0 Å². The summed E-state index contributed by atoms with van der Waals surface area (Å²) >= 11 is 0. The van der Waals surface area contributed by atoms with Crippen LogP contribution in [0.15, 0.2) is 12.4 Å². The molecule has 0 radical (unpaired) electrons. The van der Waals surface area contributed by atoms with E-state index in [9.17, 15) is 4.79 Å². The van der Waals surface area contributed by atoms with E-state index in [0.29, 0.717) is 19.7 Å². The van der Waals surface area contributed by atoms with Crippen molar-refractivity contribution in [2.45, 2.75) is 33.0 Å². The number of ether oxygens (including phenoxy) is 1. The Morgan fingerprint density at radius 2 is 2.42 bits per heavy atom. The normalized spacial score (nSPS) is 20.4. The van der Waals surface area contributed by atoms with Crippen molar-refractivity contribution in [1.82, 2.24) is 19.8 Å². The Hall–Kier alpha value is -1.40. The predicted octanol–water partition coefficient (Wildman–Crippen LogP) is 0.240. The summed E-state index contributed by atoms with van der Waals surface area (Å²) < 4.78 is 7.24. The SMILES string of the molecule is CCOC(=O)C1CNCCN1Cc1nccn1CC. The lowest BCUT2D eigenvalue weighted by Crippen LogP contribution is -2.55. The largest absolute Gasteiger partial charge is 0.465 e. The second kappa shape index (κ2) is 6.68. The van der Waals surface area contributed by atoms with Gasteiger partial charge in [-0.05, 0) is 13.8 Å². The molecule has 1 aliphatic heterocycles. The molecule has 0 bridgehead atoms. The van der Waals surface area contributed by atoms with Crippen LogP contribution in [0.4, 0.5) is 0 Å². The van der Waals surface area contributed by atoms with Crippen LogP contribution in [0.1, 0.15) is 19.7 Å². The fraction of sp³-hybridized carbons (Fsp3) is 0.692. The molecule has 1 aromatic rings. The number of carbonyl (C=O) groups excluding carboxylic acids is 1. The van der Waals surface area contributed by atoms with Crippen molar-refractivity contribution >= 4 is 5.97 Å². The van der Waals surface area contributed by atoms with Gasteiger partial charge in [-0.1, -0.05) is 0 Å². The van der Waals surface area contributed by atoms with E-state index in [1.54, 1.807) is 6.20 Å². The standard InChI is InChI=1S/C13H22N4O2/c1-3-16-8-6-15-12(16)10-17-7-5-14-9-11(17)13(18)19-4-2/h6,8,11,14H,3-5,7,9-10H2,1-2H3. The number of piperazine rings is 1. The van der Waals surface area contributed by atoms with Gasteiger partial charge in [-0.25, -0.2) is 4.98 Å². The molecule has 1 unspecified atom stereocenters. The Kier molecular flexibility index (Phi) is 4.93. The average molecular weight is 266 g/mol. The zero-order valence-corrected chi connectivity index (χ0v) is 11.6. The summed E-state index contributed by atoms with van der Waals surface area (Å²) in [5.41, 5.74) is 0. The number of hydrogen-bond acceptors (Lipinski definition) is 5. The van der Waals surface area contributed by atoms with Crippen LogP contribution in [-0.2, 0) is 22.6 Å². The van der Waals surface area contributed by atoms with Crippen molar-refractivity contribution in [2.24, 2.45) is 0 Å². The molecule has 6 heteroatoms. The molecule has 2 rings (SSSR count). The number of nitrogens with one attached hydrogen (secondary N) is 1. The lowest BCUT2D eigenvalue weighted by atomic mass is 10.2. The van der Waals surface area contributed by atoms with Crippen molar-refractivity contribution in [2.75, 3.05) is 26.2 Å². The minimum Gasteiger partial charge on any atom is -0.465 e. The maximum absolute atomic E-state index is 12.0. The second-order valence-electron chi connectivity index (χ2n) is 4.57. The van der Waals surface area contributed by atoms with Gasteiger partial charge in [0.05, 0.1) is 13.2 Å². The molecule has 0 amide bonds. The number of esters is 1. The maximum Gasteiger partial charge on any atom is 0.324 e. The number of aromatic nitrogens is 2. The summed E-state index contributed by atoms with van der Waals surface area (Å²) in [6.45, 7) is 8.30. The highest BCUT2D eigenvalue weighted by Gasteiger charge is 2.30. The quantitative estimate of drug-likeness (QED) is 0.774. The first-order valence-corrected chi connectivity index (χ1v) is 6.87. The fourth-order valence-electron chi connectivity index (χ4n) is 2.37. The van der Waals surface area contributed by atoms with Crippen LogP contribution < -0.4 is 5.32 Å². The van der Waals surface area contributed by atoms with E-state index in [1.165, 1.54) is 0 Å². The van der Waals surface area contributed by atoms with Crippen LogP contribution in [0.2, 0.25) is 0 Å². The third-order valence-electron chi connectivity index (χ3n) is 3.40. The summed E-state index contributed by atoms with van der Waals surface area (Å²) in [6.07, 6.45) is 3.78. The first kappa shape index (κ1) is 14.0. The van der Waals surface area contributed by atoms with E-state index in [2.05, 4.69) is 26.7 Å². The molecule has 1 N–H and O–H groups in total. The Morgan fingerprint density at radius 1 is 1.58 bits per heavy atom. The Bertz CT molecular complexity index is 419. The minimum atomic E-state index is -0.212. The van der Waals surface area contributed by atoms with Crippen LogP contribution in [0, 0.1) is 0 Å². The minimum absolute atomic E-state index is 0.149. The average Bonchev–Trinajstić information content (AvgIpc) is 2.87. The molecular formula is C13H22N4O2. The van der Waals surface area contributed by atoms with Crippen LogP contribution in [0.25, 0.3) is 0 Å². The van der Waals surface area contributed by atoms with E-state index in [-0.39, 0.29) is 12.0 Å². The van der Waals surface area contributed by atoms with Gasteiger partial charge in [-0.15, -0.1) is 0 Å². The Balaban J connectivity index is 2.05. The first-order valence-electron chi connectivity index (χ1n) is 6.87. The van der Waals surface area contributed by atoms with Crippen LogP contribution >= 0.6 is 0 Å². The van der Waals surface area contributed by atoms with Crippen LogP contribution in [0.3, 0.4) is 0 Å². The highest BCUT2D eigenvalue weighted by molar-refractivity contribution is 5.76. The van der Waals surface area contributed by atoms with Gasteiger partial charge in [0.25, 0.3) is 0 Å². The monoisotopic (exact) mass is 266 g/mol. The van der Waals surface area contributed by atoms with Crippen molar-refractivity contribution in [3.8, 4) is 0 Å². The van der Waals surface area contributed by atoms with Gasteiger partial charge >= 0.3 is 5.97 Å². The van der Waals surface area contributed by atoms with Crippen LogP contribution in [0.5, 0.6) is 0 Å². The molecule has 0 saturated carbocycles. The summed E-state index contributed by atoms with van der Waals surface area (Å²) in [6, 6.07) is -0.212. The summed E-state index contributed by atoms with van der Waals surface area (Å²) in [5, 5.41) is 3.24. The van der Waals surface area contributed by atoms with Gasteiger partial charge in [-0.3, -0.25) is 9.69 Å². The molecule has 1 saturated heterocycles. The molecule has 1 aromatic heterocycles. The van der Waals surface area contributed by atoms with Crippen LogP contribution in [-0.4, -0.2) is 52.7 Å². The van der Waals surface area contributed by atoms with Gasteiger partial charge in [0.1, 0.15) is 11.9 Å². The molecule has 1 atom stereocenters. The number of hydrogen-bond donors (Lipinski definition) is 1. The molecule has 0 spiro atoms. The molecule has 6 nitrogen and oxygen atoms in total. The number of aryl methyl sites for hydroxylation is 1. The van der Waals surface area contributed by atoms with Gasteiger partial charge in [0.15, 0.2) is 0 Å². The third-order valence-corrected chi connectivity index (χ3v) is 3.40. The second-order valence-corrected chi connectivity index (χ2v) is 4.57. The maximum atomic E-state index is 12.0. The summed E-state index contributed by atoms with van der Waals surface area (Å²) in [7, 11) is 0. The highest BCUT2D eigenvalue weighted by atomic mass is 16.5. The molecule has 0 aliphatic carbocycles. The number of carbonyl (C=O) groups is 1. The lowest BCUT2D eigenvalue weighted by Gasteiger charge is -2.34. The lowest BCUT2D eigenvalue weighted by molar-refractivity contribution is -0.150. The molecule has 1 aliphatic rings. The van der Waals surface area contributed by atoms with E-state index in [1.807, 2.05) is 13.1 Å². The summed E-state index contributed by atoms with van der Waals surface area (Å²) in [5.74, 6) is 0.850. The van der Waals surface area contributed by atoms with Crippen molar-refractivity contribution < 1.29 is 9.53 Å². The Labute approximate surface area is 113 Å². The number of imidazole rings is 1. The van der Waals surface area contributed by atoms with E-state index in [0.717, 1.165) is 25.5 Å². The van der Waals surface area contributed by atoms with Crippen molar-refractivity contribution in [1.29, 1.82) is 0 Å². The molecule has 106 valence electrons. The van der Waals surface area contributed by atoms with Gasteiger partial charge < -0.3 is 14.6 Å². The van der Waals surface area contributed by atoms with Crippen molar-refractivity contribution in [3.63, 3.8) is 0 Å². The van der Waals surface area contributed by atoms with E-state index < -0.39 is 0 Å². The number of nitrogens with zero attached hydrogens (tertiary/aromatic N) is 3. The van der Waals surface area contributed by atoms with E-state index in [4.69, 9.17) is 4.74 Å². The first-order chi connectivity index (χ1) is 9.26. The van der Waals surface area contributed by atoms with Crippen molar-refractivity contribution in [3.05, 3.63) is 18.2 Å². The topological polar surface area (TPSA) is 59.4 Å². The fourth-order valence-corrected chi connectivity index (χ4v) is 2.37. The smallest absolute Gasteiger partial charge is 0.324 e. The molecule has 2 heterocycles. The zero-order chi connectivity index (χ0) is 13.7. The molecular weight excluding hydrogens is 244 g/mol. The number of rotatable bonds is 5. The predicted molar refractivity (Wildman–Crippen MR) is 71.6 cm³/mol. The zero-order valence-electron chi connectivity index (χ0n) is 11.6. The highest BCUT2D eigenvalue weighted by Crippen LogP contribution is 2.11. The molecule has 0 aromatic carbocycles. The van der Waals surface area contributed by atoms with Gasteiger partial charge in [0.2, 0.25) is 0 Å². The summed E-state index contributed by atoms with van der Waals surface area (Å²) in [4.78, 5) is 18.5. The third kappa shape index (κ3) is 3.33. The van der Waals surface area contributed by atoms with Gasteiger partial charge in [-0.2, -0.15) is 0 Å². The van der Waals surface area contributed by atoms with Gasteiger partial charge in [0, 0.05) is 38.6 Å². The molecule has 19 heavy (non-hydrogen) atoms.